The van der Waals surface area contributed by atoms with E-state index >= 15 is 0 Å². The standard InChI is InChI=1S/C17H25BrN2O.ClH/c1-16(2,11-19)12-20(3)15(21)17(9-4-10-17)13-5-7-14(18)8-6-13;/h5-8H,4,9-12,19H2,1-3H3;1H. The van der Waals surface area contributed by atoms with Crippen molar-refractivity contribution >= 4 is 34.2 Å². The fourth-order valence-corrected chi connectivity index (χ4v) is 3.33. The van der Waals surface area contributed by atoms with Crippen LogP contribution in [0.1, 0.15) is 38.7 Å². The van der Waals surface area contributed by atoms with Crippen molar-refractivity contribution in [3.8, 4) is 0 Å². The maximum Gasteiger partial charge on any atom is 0.232 e. The van der Waals surface area contributed by atoms with E-state index in [1.165, 1.54) is 0 Å². The predicted octanol–water partition coefficient (Wildman–Crippen LogP) is 3.74. The van der Waals surface area contributed by atoms with Crippen LogP contribution in [0.5, 0.6) is 0 Å². The number of hydrogen-bond acceptors (Lipinski definition) is 2. The van der Waals surface area contributed by atoms with Gasteiger partial charge >= 0.3 is 0 Å². The van der Waals surface area contributed by atoms with Crippen LogP contribution in [0.2, 0.25) is 0 Å². The Morgan fingerprint density at radius 2 is 1.86 bits per heavy atom. The Kier molecular flexibility index (Phi) is 6.48. The van der Waals surface area contributed by atoms with E-state index in [1.54, 1.807) is 0 Å². The molecule has 0 radical (unpaired) electrons. The average molecular weight is 390 g/mol. The van der Waals surface area contributed by atoms with Crippen molar-refractivity contribution in [3.05, 3.63) is 34.3 Å². The van der Waals surface area contributed by atoms with Gasteiger partial charge in [0, 0.05) is 18.1 Å². The number of benzene rings is 1. The van der Waals surface area contributed by atoms with Gasteiger partial charge in [0.1, 0.15) is 0 Å². The van der Waals surface area contributed by atoms with E-state index in [0.717, 1.165) is 29.3 Å². The number of halogens is 2. The molecule has 0 spiro atoms. The molecule has 1 aromatic carbocycles. The van der Waals surface area contributed by atoms with E-state index in [0.29, 0.717) is 13.1 Å². The van der Waals surface area contributed by atoms with Gasteiger partial charge in [0.15, 0.2) is 0 Å². The van der Waals surface area contributed by atoms with Gasteiger partial charge in [-0.25, -0.2) is 0 Å². The van der Waals surface area contributed by atoms with Crippen LogP contribution in [0.4, 0.5) is 0 Å². The number of carbonyl (C=O) groups is 1. The molecule has 0 bridgehead atoms. The van der Waals surface area contributed by atoms with Gasteiger partial charge < -0.3 is 10.6 Å². The molecule has 124 valence electrons. The van der Waals surface area contributed by atoms with E-state index in [-0.39, 0.29) is 29.1 Å². The van der Waals surface area contributed by atoms with Crippen molar-refractivity contribution in [1.82, 2.24) is 4.90 Å². The highest BCUT2D eigenvalue weighted by Gasteiger charge is 2.47. The van der Waals surface area contributed by atoms with Crippen LogP contribution in [0, 0.1) is 5.41 Å². The maximum atomic E-state index is 13.0. The first kappa shape index (κ1) is 19.5. The van der Waals surface area contributed by atoms with Crippen LogP contribution >= 0.6 is 28.3 Å². The highest BCUT2D eigenvalue weighted by atomic mass is 79.9. The van der Waals surface area contributed by atoms with Crippen LogP contribution in [-0.4, -0.2) is 30.9 Å². The van der Waals surface area contributed by atoms with Crippen molar-refractivity contribution in [2.24, 2.45) is 11.1 Å². The van der Waals surface area contributed by atoms with Crippen LogP contribution in [0.25, 0.3) is 0 Å². The smallest absolute Gasteiger partial charge is 0.232 e. The van der Waals surface area contributed by atoms with Crippen LogP contribution < -0.4 is 5.73 Å². The third kappa shape index (κ3) is 3.84. The minimum Gasteiger partial charge on any atom is -0.344 e. The highest BCUT2D eigenvalue weighted by molar-refractivity contribution is 9.10. The molecule has 0 aromatic heterocycles. The lowest BCUT2D eigenvalue weighted by Crippen LogP contribution is -2.52. The Morgan fingerprint density at radius 1 is 1.32 bits per heavy atom. The topological polar surface area (TPSA) is 46.3 Å². The molecule has 2 N–H and O–H groups in total. The van der Waals surface area contributed by atoms with Crippen molar-refractivity contribution in [1.29, 1.82) is 0 Å². The number of nitrogens with two attached hydrogens (primary N) is 1. The lowest BCUT2D eigenvalue weighted by molar-refractivity contribution is -0.140. The van der Waals surface area contributed by atoms with Gasteiger partial charge in [-0.15, -0.1) is 12.4 Å². The third-order valence-electron chi connectivity index (χ3n) is 4.58. The molecule has 1 saturated carbocycles. The van der Waals surface area contributed by atoms with Gasteiger partial charge in [0.05, 0.1) is 5.41 Å². The minimum atomic E-state index is -0.319. The zero-order valence-corrected chi connectivity index (χ0v) is 16.0. The van der Waals surface area contributed by atoms with Crippen LogP contribution in [0.15, 0.2) is 28.7 Å². The Labute approximate surface area is 148 Å². The second-order valence-electron chi connectivity index (χ2n) is 6.97. The summed E-state index contributed by atoms with van der Waals surface area (Å²) in [4.78, 5) is 14.9. The average Bonchev–Trinajstić information content (AvgIpc) is 2.39. The molecule has 3 nitrogen and oxygen atoms in total. The van der Waals surface area contributed by atoms with Crippen LogP contribution in [0.3, 0.4) is 0 Å². The molecule has 1 aliphatic carbocycles. The molecule has 0 saturated heterocycles. The maximum absolute atomic E-state index is 13.0. The Hall–Kier alpha value is -0.580. The SMILES string of the molecule is CN(CC(C)(C)CN)C(=O)C1(c2ccc(Br)cc2)CCC1.Cl. The largest absolute Gasteiger partial charge is 0.344 e. The molecule has 0 atom stereocenters. The Morgan fingerprint density at radius 3 is 2.27 bits per heavy atom. The monoisotopic (exact) mass is 388 g/mol. The molecule has 5 heteroatoms. The number of hydrogen-bond donors (Lipinski definition) is 1. The highest BCUT2D eigenvalue weighted by Crippen LogP contribution is 2.45. The van der Waals surface area contributed by atoms with Crippen molar-refractivity contribution in [2.45, 2.75) is 38.5 Å². The fourth-order valence-electron chi connectivity index (χ4n) is 3.07. The van der Waals surface area contributed by atoms with E-state index in [9.17, 15) is 4.79 Å². The summed E-state index contributed by atoms with van der Waals surface area (Å²) < 4.78 is 1.05. The molecule has 1 aromatic rings. The lowest BCUT2D eigenvalue weighted by Gasteiger charge is -2.44. The second kappa shape index (κ2) is 7.33. The van der Waals surface area contributed by atoms with Gasteiger partial charge in [0.25, 0.3) is 0 Å². The summed E-state index contributed by atoms with van der Waals surface area (Å²) in [6, 6.07) is 8.19. The first-order valence-corrected chi connectivity index (χ1v) is 8.32. The summed E-state index contributed by atoms with van der Waals surface area (Å²) >= 11 is 3.46. The summed E-state index contributed by atoms with van der Waals surface area (Å²) in [5.41, 5.74) is 6.57. The zero-order chi connectivity index (χ0) is 15.7. The molecule has 0 aliphatic heterocycles. The number of carbonyl (C=O) groups excluding carboxylic acids is 1. The van der Waals surface area contributed by atoms with Crippen molar-refractivity contribution in [3.63, 3.8) is 0 Å². The lowest BCUT2D eigenvalue weighted by atomic mass is 9.63. The summed E-state index contributed by atoms with van der Waals surface area (Å²) in [5.74, 6) is 0.234. The number of nitrogens with zero attached hydrogens (tertiary/aromatic N) is 1. The van der Waals surface area contributed by atoms with Gasteiger partial charge in [-0.2, -0.15) is 0 Å². The molecular weight excluding hydrogens is 364 g/mol. The molecule has 0 unspecified atom stereocenters. The Bertz CT molecular complexity index is 512. The second-order valence-corrected chi connectivity index (χ2v) is 7.89. The molecular formula is C17H26BrClN2O. The first-order chi connectivity index (χ1) is 9.81. The minimum absolute atomic E-state index is 0. The van der Waals surface area contributed by atoms with Gasteiger partial charge in [0.2, 0.25) is 5.91 Å². The predicted molar refractivity (Wildman–Crippen MR) is 97.4 cm³/mol. The third-order valence-corrected chi connectivity index (χ3v) is 5.11. The van der Waals surface area contributed by atoms with Gasteiger partial charge in [-0.3, -0.25) is 4.79 Å². The van der Waals surface area contributed by atoms with Gasteiger partial charge in [-0.05, 0) is 42.5 Å². The molecule has 1 aliphatic rings. The van der Waals surface area contributed by atoms with Crippen molar-refractivity contribution < 1.29 is 4.79 Å². The molecule has 2 rings (SSSR count). The molecule has 1 amide bonds. The molecule has 1 fully saturated rings. The van der Waals surface area contributed by atoms with E-state index in [1.807, 2.05) is 24.1 Å². The molecule has 22 heavy (non-hydrogen) atoms. The number of likely N-dealkylation sites (N-methyl/N-ethyl adjacent to an activating group) is 1. The summed E-state index contributed by atoms with van der Waals surface area (Å²) in [5, 5.41) is 0. The Balaban J connectivity index is 0.00000242. The van der Waals surface area contributed by atoms with Gasteiger partial charge in [-0.1, -0.05) is 48.3 Å². The summed E-state index contributed by atoms with van der Waals surface area (Å²) in [7, 11) is 1.90. The molecule has 0 heterocycles. The number of amides is 1. The zero-order valence-electron chi connectivity index (χ0n) is 13.6. The van der Waals surface area contributed by atoms with E-state index in [2.05, 4.69) is 41.9 Å². The quantitative estimate of drug-likeness (QED) is 0.834. The van der Waals surface area contributed by atoms with E-state index in [4.69, 9.17) is 5.73 Å². The van der Waals surface area contributed by atoms with E-state index < -0.39 is 0 Å². The first-order valence-electron chi connectivity index (χ1n) is 7.52. The fraction of sp³-hybridized carbons (Fsp3) is 0.588. The summed E-state index contributed by atoms with van der Waals surface area (Å²) in [6.07, 6.45) is 3.01. The normalized spacial score (nSPS) is 16.4. The number of rotatable bonds is 5. The summed E-state index contributed by atoms with van der Waals surface area (Å²) in [6.45, 7) is 5.48. The van der Waals surface area contributed by atoms with Crippen molar-refractivity contribution in [2.75, 3.05) is 20.1 Å². The van der Waals surface area contributed by atoms with Crippen LogP contribution in [-0.2, 0) is 10.2 Å².